The Bertz CT molecular complexity index is 61.4. The lowest BCUT2D eigenvalue weighted by Gasteiger charge is -1.90. The molecular weight excluding hydrogens is 140 g/mol. The van der Waals surface area contributed by atoms with E-state index in [2.05, 4.69) is 0 Å². The Hall–Kier alpha value is 0.530. The fraction of sp³-hybridized carbons (Fsp3) is 0.800. The van der Waals surface area contributed by atoms with Crippen molar-refractivity contribution in [2.24, 2.45) is 0 Å². The second-order valence-electron chi connectivity index (χ2n) is 1.48. The molecule has 0 aromatic heterocycles. The average Bonchev–Trinajstić information content (AvgIpc) is 2.19. The van der Waals surface area contributed by atoms with Gasteiger partial charge in [-0.25, -0.2) is 0 Å². The minimum absolute atomic E-state index is 0.597. The summed E-state index contributed by atoms with van der Waals surface area (Å²) < 4.78 is 5.46. The molecule has 1 heterocycles. The number of thioether (sulfide) groups is 2. The van der Waals surface area contributed by atoms with Gasteiger partial charge >= 0.3 is 0 Å². The van der Waals surface area contributed by atoms with Gasteiger partial charge in [0, 0.05) is 11.5 Å². The second-order valence-corrected chi connectivity index (χ2v) is 4.28. The van der Waals surface area contributed by atoms with E-state index in [4.69, 9.17) is 4.74 Å². The Balaban J connectivity index is 2.06. The molecule has 0 aromatic rings. The minimum Gasteiger partial charge on any atom is -0.197 e. The van der Waals surface area contributed by atoms with Crippen molar-refractivity contribution in [3.63, 3.8) is 0 Å². The summed E-state index contributed by atoms with van der Waals surface area (Å²) in [6, 6.07) is 0. The third-order valence-electron chi connectivity index (χ3n) is 0.895. The molecule has 0 aromatic carbocycles. The van der Waals surface area contributed by atoms with E-state index in [0.717, 1.165) is 0 Å². The van der Waals surface area contributed by atoms with E-state index in [9.17, 15) is 0 Å². The lowest BCUT2D eigenvalue weighted by atomic mass is 10.8. The zero-order valence-electron chi connectivity index (χ0n) is 4.79. The van der Waals surface area contributed by atoms with E-state index >= 15 is 0 Å². The Kier molecular flexibility index (Phi) is 2.94. The van der Waals surface area contributed by atoms with Crippen LogP contribution in [-0.2, 0) is 4.74 Å². The van der Waals surface area contributed by atoms with Gasteiger partial charge < -0.3 is 0 Å². The molecule has 46 valence electrons. The van der Waals surface area contributed by atoms with Gasteiger partial charge in [-0.15, -0.1) is 0 Å². The smallest absolute Gasteiger partial charge is 0.197 e. The van der Waals surface area contributed by atoms with E-state index in [-0.39, 0.29) is 0 Å². The Morgan fingerprint density at radius 1 is 1.50 bits per heavy atom. The molecule has 0 unspecified atom stereocenters. The molecule has 0 saturated carbocycles. The first-order chi connectivity index (χ1) is 3.93. The van der Waals surface area contributed by atoms with Gasteiger partial charge in [-0.2, -0.15) is 4.74 Å². The SMILES string of the molecule is CO[CH+]C1SCCS1. The van der Waals surface area contributed by atoms with Crippen LogP contribution in [0.1, 0.15) is 0 Å². The lowest BCUT2D eigenvalue weighted by molar-refractivity contribution is 0.281. The van der Waals surface area contributed by atoms with Gasteiger partial charge in [-0.05, 0) is 0 Å². The van der Waals surface area contributed by atoms with Crippen LogP contribution in [0, 0.1) is 6.61 Å². The van der Waals surface area contributed by atoms with E-state index in [1.807, 2.05) is 30.1 Å². The Labute approximate surface area is 58.6 Å². The molecule has 1 aliphatic rings. The van der Waals surface area contributed by atoms with Crippen molar-refractivity contribution < 1.29 is 4.74 Å². The fourth-order valence-electron chi connectivity index (χ4n) is 0.566. The highest BCUT2D eigenvalue weighted by atomic mass is 32.2. The van der Waals surface area contributed by atoms with Crippen LogP contribution in [0.15, 0.2) is 0 Å². The highest BCUT2D eigenvalue weighted by Gasteiger charge is 2.23. The van der Waals surface area contributed by atoms with Crippen LogP contribution < -0.4 is 0 Å². The zero-order valence-corrected chi connectivity index (χ0v) is 6.43. The summed E-state index contributed by atoms with van der Waals surface area (Å²) in [6.45, 7) is 1.89. The molecule has 0 amide bonds. The van der Waals surface area contributed by atoms with Gasteiger partial charge in [0.05, 0.1) is 7.11 Å². The molecule has 1 nitrogen and oxygen atoms in total. The van der Waals surface area contributed by atoms with Crippen LogP contribution in [0.5, 0.6) is 0 Å². The number of ether oxygens (including phenoxy) is 1. The lowest BCUT2D eigenvalue weighted by Crippen LogP contribution is -1.93. The second kappa shape index (κ2) is 3.54. The number of rotatable bonds is 2. The molecular formula is C5H9OS2+. The van der Waals surface area contributed by atoms with Crippen molar-refractivity contribution in [2.45, 2.75) is 4.58 Å². The number of hydrogen-bond acceptors (Lipinski definition) is 3. The first kappa shape index (κ1) is 6.65. The summed E-state index contributed by atoms with van der Waals surface area (Å²) in [5, 5.41) is 0. The van der Waals surface area contributed by atoms with Crippen LogP contribution >= 0.6 is 23.5 Å². The summed E-state index contributed by atoms with van der Waals surface area (Å²) in [6.07, 6.45) is 0. The van der Waals surface area contributed by atoms with Gasteiger partial charge in [0.2, 0.25) is 4.58 Å². The van der Waals surface area contributed by atoms with E-state index in [1.165, 1.54) is 11.5 Å². The molecule has 0 N–H and O–H groups in total. The van der Waals surface area contributed by atoms with Gasteiger partial charge in [0.1, 0.15) is 0 Å². The highest BCUT2D eigenvalue weighted by molar-refractivity contribution is 8.20. The van der Waals surface area contributed by atoms with E-state index in [0.29, 0.717) is 4.58 Å². The van der Waals surface area contributed by atoms with Gasteiger partial charge in [-0.1, -0.05) is 23.5 Å². The summed E-state index contributed by atoms with van der Waals surface area (Å²) >= 11 is 3.90. The van der Waals surface area contributed by atoms with Crippen molar-refractivity contribution in [3.8, 4) is 0 Å². The average molecular weight is 149 g/mol. The first-order valence-electron chi connectivity index (χ1n) is 2.53. The number of hydrogen-bond donors (Lipinski definition) is 0. The van der Waals surface area contributed by atoms with E-state index < -0.39 is 0 Å². The summed E-state index contributed by atoms with van der Waals surface area (Å²) in [5.41, 5.74) is 0. The van der Waals surface area contributed by atoms with Crippen molar-refractivity contribution in [1.82, 2.24) is 0 Å². The summed E-state index contributed by atoms with van der Waals surface area (Å²) in [4.78, 5) is 0. The van der Waals surface area contributed by atoms with Crippen LogP contribution in [0.2, 0.25) is 0 Å². The van der Waals surface area contributed by atoms with Crippen molar-refractivity contribution in [1.29, 1.82) is 0 Å². The van der Waals surface area contributed by atoms with Gasteiger partial charge in [0.15, 0.2) is 0 Å². The Morgan fingerprint density at radius 2 is 2.12 bits per heavy atom. The van der Waals surface area contributed by atoms with Crippen LogP contribution in [0.3, 0.4) is 0 Å². The van der Waals surface area contributed by atoms with Crippen molar-refractivity contribution >= 4 is 23.5 Å². The molecule has 3 heteroatoms. The van der Waals surface area contributed by atoms with E-state index in [1.54, 1.807) is 7.11 Å². The third kappa shape index (κ3) is 1.80. The van der Waals surface area contributed by atoms with Crippen LogP contribution in [0.4, 0.5) is 0 Å². The molecule has 0 aliphatic carbocycles. The fourth-order valence-corrected chi connectivity index (χ4v) is 3.14. The molecule has 0 spiro atoms. The van der Waals surface area contributed by atoms with Gasteiger partial charge in [-0.3, -0.25) is 0 Å². The summed E-state index contributed by atoms with van der Waals surface area (Å²) in [7, 11) is 1.71. The standard InChI is InChI=1S/C5H9OS2/c1-6-4-5-7-2-3-8-5/h4-5H,2-3H2,1H3/q+1. The molecule has 0 atom stereocenters. The maximum absolute atomic E-state index is 4.86. The minimum atomic E-state index is 0.597. The molecule has 0 radical (unpaired) electrons. The topological polar surface area (TPSA) is 9.23 Å². The summed E-state index contributed by atoms with van der Waals surface area (Å²) in [5.74, 6) is 2.55. The van der Waals surface area contributed by atoms with Gasteiger partial charge in [0.25, 0.3) is 6.61 Å². The maximum Gasteiger partial charge on any atom is 0.251 e. The van der Waals surface area contributed by atoms with Crippen molar-refractivity contribution in [2.75, 3.05) is 18.6 Å². The first-order valence-corrected chi connectivity index (χ1v) is 4.62. The monoisotopic (exact) mass is 149 g/mol. The largest absolute Gasteiger partial charge is 0.251 e. The molecule has 1 aliphatic heterocycles. The quantitative estimate of drug-likeness (QED) is 0.552. The Morgan fingerprint density at radius 3 is 2.62 bits per heavy atom. The molecule has 1 rings (SSSR count). The predicted molar refractivity (Wildman–Crippen MR) is 40.0 cm³/mol. The molecule has 1 saturated heterocycles. The highest BCUT2D eigenvalue weighted by Crippen LogP contribution is 2.33. The third-order valence-corrected chi connectivity index (χ3v) is 3.73. The van der Waals surface area contributed by atoms with Crippen LogP contribution in [0.25, 0.3) is 0 Å². The number of methoxy groups -OCH3 is 1. The zero-order chi connectivity index (χ0) is 5.82. The van der Waals surface area contributed by atoms with Crippen LogP contribution in [-0.4, -0.2) is 23.2 Å². The molecule has 1 fully saturated rings. The van der Waals surface area contributed by atoms with Crippen molar-refractivity contribution in [3.05, 3.63) is 6.61 Å². The molecule has 0 bridgehead atoms. The molecule has 8 heavy (non-hydrogen) atoms. The predicted octanol–water partition coefficient (Wildman–Crippen LogP) is 1.60. The normalized spacial score (nSPS) is 21.6. The maximum atomic E-state index is 4.86.